The van der Waals surface area contributed by atoms with Gasteiger partial charge in [-0.2, -0.15) is 0 Å². The van der Waals surface area contributed by atoms with Crippen LogP contribution in [0.3, 0.4) is 0 Å². The molecule has 0 aliphatic rings. The van der Waals surface area contributed by atoms with E-state index in [9.17, 15) is 0 Å². The van der Waals surface area contributed by atoms with Crippen molar-refractivity contribution in [3.8, 4) is 0 Å². The van der Waals surface area contributed by atoms with Crippen LogP contribution in [0.4, 0.5) is 0 Å². The molecule has 22 heavy (non-hydrogen) atoms. The molecule has 5 heteroatoms. The Kier molecular flexibility index (Phi) is 5.78. The van der Waals surface area contributed by atoms with E-state index in [2.05, 4.69) is 24.0 Å². The monoisotopic (exact) mass is 317 g/mol. The Morgan fingerprint density at radius 1 is 1.36 bits per heavy atom. The predicted molar refractivity (Wildman–Crippen MR) is 89.9 cm³/mol. The van der Waals surface area contributed by atoms with Crippen LogP contribution in [0.2, 0.25) is 5.02 Å². The minimum atomic E-state index is 0.265. The summed E-state index contributed by atoms with van der Waals surface area (Å²) in [4.78, 5) is 9.65. The fourth-order valence-electron chi connectivity index (χ4n) is 1.95. The van der Waals surface area contributed by atoms with Crippen LogP contribution in [0.5, 0.6) is 0 Å². The van der Waals surface area contributed by atoms with Crippen molar-refractivity contribution in [1.82, 2.24) is 4.98 Å². The van der Waals surface area contributed by atoms with Gasteiger partial charge < -0.3 is 10.6 Å². The molecule has 0 saturated carbocycles. The Hall–Kier alpha value is -2.07. The van der Waals surface area contributed by atoms with E-state index in [0.717, 1.165) is 17.7 Å². The van der Waals surface area contributed by atoms with Gasteiger partial charge in [-0.05, 0) is 24.0 Å². The fraction of sp³-hybridized carbons (Fsp3) is 0.294. The van der Waals surface area contributed by atoms with Crippen LogP contribution in [0.25, 0.3) is 0 Å². The Labute approximate surface area is 136 Å². The number of amidine groups is 1. The number of nitrogens with zero attached hydrogens (tertiary/aromatic N) is 2. The van der Waals surface area contributed by atoms with E-state index in [1.54, 1.807) is 12.3 Å². The summed E-state index contributed by atoms with van der Waals surface area (Å²) in [6.45, 7) is 4.56. The molecule has 2 aromatic rings. The van der Waals surface area contributed by atoms with Crippen molar-refractivity contribution < 1.29 is 4.84 Å². The van der Waals surface area contributed by atoms with Crippen molar-refractivity contribution in [3.63, 3.8) is 0 Å². The molecule has 0 saturated heterocycles. The smallest absolute Gasteiger partial charge is 0.171 e. The highest BCUT2D eigenvalue weighted by Crippen LogP contribution is 2.25. The van der Waals surface area contributed by atoms with E-state index in [0.29, 0.717) is 23.1 Å². The lowest BCUT2D eigenvalue weighted by atomic mass is 10.0. The van der Waals surface area contributed by atoms with Crippen LogP contribution in [0, 0.1) is 0 Å². The van der Waals surface area contributed by atoms with E-state index >= 15 is 0 Å². The molecule has 1 unspecified atom stereocenters. The summed E-state index contributed by atoms with van der Waals surface area (Å²) in [5.41, 5.74) is 8.48. The van der Waals surface area contributed by atoms with Gasteiger partial charge >= 0.3 is 0 Å². The number of pyridine rings is 1. The van der Waals surface area contributed by atoms with E-state index in [-0.39, 0.29) is 5.84 Å². The molecule has 0 amide bonds. The summed E-state index contributed by atoms with van der Waals surface area (Å²) in [5.74, 6) is 0.579. The third-order valence-electron chi connectivity index (χ3n) is 3.48. The van der Waals surface area contributed by atoms with Gasteiger partial charge in [0.05, 0.1) is 10.7 Å². The number of aromatic nitrogens is 1. The first-order valence-electron chi connectivity index (χ1n) is 7.27. The molecule has 2 N–H and O–H groups in total. The Morgan fingerprint density at radius 2 is 2.09 bits per heavy atom. The fourth-order valence-corrected chi connectivity index (χ4v) is 2.30. The minimum absolute atomic E-state index is 0.265. The number of halogens is 1. The number of nitrogens with two attached hydrogens (primary N) is 1. The predicted octanol–water partition coefficient (Wildman–Crippen LogP) is 4.09. The average molecular weight is 318 g/mol. The second-order valence-corrected chi connectivity index (χ2v) is 5.54. The van der Waals surface area contributed by atoms with Crippen molar-refractivity contribution in [3.05, 3.63) is 64.4 Å². The summed E-state index contributed by atoms with van der Waals surface area (Å²) >= 11 is 6.26. The summed E-state index contributed by atoms with van der Waals surface area (Å²) in [6, 6.07) is 11.6. The van der Waals surface area contributed by atoms with Crippen LogP contribution in [-0.4, -0.2) is 10.8 Å². The molecule has 0 bridgehead atoms. The standard InChI is InChI=1S/C17H20ClN3O/c1-3-12(2)16-15(18)9-14(10-20-16)17(19)21-22-11-13-7-5-4-6-8-13/h4-10,12H,3,11H2,1-2H3,(H2,19,21). The average Bonchev–Trinajstić information content (AvgIpc) is 2.55. The largest absolute Gasteiger partial charge is 0.389 e. The first-order chi connectivity index (χ1) is 10.6. The molecular weight excluding hydrogens is 298 g/mol. The molecule has 116 valence electrons. The van der Waals surface area contributed by atoms with Crippen LogP contribution in [-0.2, 0) is 11.4 Å². The maximum atomic E-state index is 6.26. The van der Waals surface area contributed by atoms with Crippen molar-refractivity contribution in [1.29, 1.82) is 0 Å². The van der Waals surface area contributed by atoms with E-state index in [1.807, 2.05) is 30.3 Å². The molecule has 1 atom stereocenters. The lowest BCUT2D eigenvalue weighted by molar-refractivity contribution is 0.130. The molecule has 1 aromatic carbocycles. The van der Waals surface area contributed by atoms with Crippen LogP contribution in [0.15, 0.2) is 47.8 Å². The molecule has 0 aliphatic heterocycles. The molecule has 0 radical (unpaired) electrons. The van der Waals surface area contributed by atoms with Gasteiger partial charge in [-0.25, -0.2) is 0 Å². The number of hydrogen-bond donors (Lipinski definition) is 1. The zero-order valence-electron chi connectivity index (χ0n) is 12.8. The lowest BCUT2D eigenvalue weighted by Gasteiger charge is -2.11. The molecule has 0 fully saturated rings. The normalized spacial score (nSPS) is 13.0. The minimum Gasteiger partial charge on any atom is -0.389 e. The lowest BCUT2D eigenvalue weighted by Crippen LogP contribution is -2.15. The number of rotatable bonds is 6. The first-order valence-corrected chi connectivity index (χ1v) is 7.64. The molecule has 4 nitrogen and oxygen atoms in total. The third kappa shape index (κ3) is 4.21. The molecule has 0 spiro atoms. The zero-order valence-corrected chi connectivity index (χ0v) is 13.5. The van der Waals surface area contributed by atoms with Gasteiger partial charge in [0.25, 0.3) is 0 Å². The van der Waals surface area contributed by atoms with E-state index in [4.69, 9.17) is 22.2 Å². The molecule has 2 rings (SSSR count). The number of hydrogen-bond acceptors (Lipinski definition) is 3. The quantitative estimate of drug-likeness (QED) is 0.496. The van der Waals surface area contributed by atoms with Gasteiger partial charge in [-0.15, -0.1) is 0 Å². The second kappa shape index (κ2) is 7.80. The summed E-state index contributed by atoms with van der Waals surface area (Å²) in [7, 11) is 0. The van der Waals surface area contributed by atoms with Gasteiger partial charge in [0, 0.05) is 11.8 Å². The van der Waals surface area contributed by atoms with Crippen molar-refractivity contribution >= 4 is 17.4 Å². The summed E-state index contributed by atoms with van der Waals surface area (Å²) < 4.78 is 0. The number of benzene rings is 1. The van der Waals surface area contributed by atoms with Gasteiger partial charge in [0.1, 0.15) is 6.61 Å². The van der Waals surface area contributed by atoms with Crippen molar-refractivity contribution in [2.75, 3.05) is 0 Å². The maximum Gasteiger partial charge on any atom is 0.171 e. The van der Waals surface area contributed by atoms with Crippen molar-refractivity contribution in [2.24, 2.45) is 10.9 Å². The SMILES string of the molecule is CCC(C)c1ncc(/C(N)=N/OCc2ccccc2)cc1Cl. The highest BCUT2D eigenvalue weighted by Gasteiger charge is 2.11. The maximum absolute atomic E-state index is 6.26. The summed E-state index contributed by atoms with van der Waals surface area (Å²) in [6.07, 6.45) is 2.66. The Bertz CT molecular complexity index is 644. The highest BCUT2D eigenvalue weighted by atomic mass is 35.5. The van der Waals surface area contributed by atoms with Gasteiger partial charge in [0.2, 0.25) is 0 Å². The van der Waals surface area contributed by atoms with Gasteiger partial charge in [-0.3, -0.25) is 4.98 Å². The Balaban J connectivity index is 2.04. The second-order valence-electron chi connectivity index (χ2n) is 5.14. The molecule has 1 aromatic heterocycles. The van der Waals surface area contributed by atoms with Crippen LogP contribution >= 0.6 is 11.6 Å². The van der Waals surface area contributed by atoms with Crippen LogP contribution < -0.4 is 5.73 Å². The molecule has 1 heterocycles. The molecular formula is C17H20ClN3O. The van der Waals surface area contributed by atoms with Crippen molar-refractivity contribution in [2.45, 2.75) is 32.8 Å². The van der Waals surface area contributed by atoms with Gasteiger partial charge in [0.15, 0.2) is 5.84 Å². The van der Waals surface area contributed by atoms with Gasteiger partial charge in [-0.1, -0.05) is 60.9 Å². The summed E-state index contributed by atoms with van der Waals surface area (Å²) in [5, 5.41) is 4.53. The van der Waals surface area contributed by atoms with E-state index < -0.39 is 0 Å². The zero-order chi connectivity index (χ0) is 15.9. The first kappa shape index (κ1) is 16.3. The third-order valence-corrected chi connectivity index (χ3v) is 3.78. The topological polar surface area (TPSA) is 60.5 Å². The number of oxime groups is 1. The van der Waals surface area contributed by atoms with Crippen LogP contribution in [0.1, 0.15) is 43.0 Å². The highest BCUT2D eigenvalue weighted by molar-refractivity contribution is 6.31. The Morgan fingerprint density at radius 3 is 2.73 bits per heavy atom. The molecule has 0 aliphatic carbocycles. The van der Waals surface area contributed by atoms with E-state index in [1.165, 1.54) is 0 Å².